The van der Waals surface area contributed by atoms with E-state index in [9.17, 15) is 4.79 Å². The standard InChI is InChI=1S/C20H25N5O/c1-12(2)17(21)18(15-8-6-5-7-9-15)24-20(26)16-11-22-25-14(4)10-13(3)23-19(16)25/h5-12,17-18H,21H2,1-4H3,(H,24,26). The molecule has 6 nitrogen and oxygen atoms in total. The fourth-order valence-electron chi connectivity index (χ4n) is 3.10. The fourth-order valence-corrected chi connectivity index (χ4v) is 3.10. The molecule has 0 saturated carbocycles. The molecule has 1 amide bonds. The molecule has 0 radical (unpaired) electrons. The van der Waals surface area contributed by atoms with Crippen LogP contribution in [0.3, 0.4) is 0 Å². The Morgan fingerprint density at radius 2 is 1.88 bits per heavy atom. The van der Waals surface area contributed by atoms with Crippen LogP contribution in [0.25, 0.3) is 5.65 Å². The maximum atomic E-state index is 13.0. The Morgan fingerprint density at radius 1 is 1.19 bits per heavy atom. The molecule has 6 heteroatoms. The van der Waals surface area contributed by atoms with Crippen molar-refractivity contribution in [3.63, 3.8) is 0 Å². The Balaban J connectivity index is 1.96. The van der Waals surface area contributed by atoms with Gasteiger partial charge in [0.1, 0.15) is 5.56 Å². The van der Waals surface area contributed by atoms with Gasteiger partial charge in [-0.3, -0.25) is 4.79 Å². The first-order chi connectivity index (χ1) is 12.4. The fraction of sp³-hybridized carbons (Fsp3) is 0.350. The second-order valence-corrected chi connectivity index (χ2v) is 7.02. The van der Waals surface area contributed by atoms with Gasteiger partial charge in [0.25, 0.3) is 5.91 Å². The van der Waals surface area contributed by atoms with Crippen LogP contribution in [0, 0.1) is 19.8 Å². The van der Waals surface area contributed by atoms with Crippen molar-refractivity contribution < 1.29 is 4.79 Å². The third-order valence-electron chi connectivity index (χ3n) is 4.62. The molecule has 2 heterocycles. The SMILES string of the molecule is Cc1cc(C)n2ncc(C(=O)NC(c3ccccc3)C(N)C(C)C)c2n1. The van der Waals surface area contributed by atoms with E-state index in [2.05, 4.69) is 29.2 Å². The van der Waals surface area contributed by atoms with Gasteiger partial charge < -0.3 is 11.1 Å². The zero-order valence-electron chi connectivity index (χ0n) is 15.6. The van der Waals surface area contributed by atoms with Crippen LogP contribution in [0.4, 0.5) is 0 Å². The summed E-state index contributed by atoms with van der Waals surface area (Å²) in [6, 6.07) is 11.2. The summed E-state index contributed by atoms with van der Waals surface area (Å²) in [5.74, 6) is -0.00511. The van der Waals surface area contributed by atoms with Gasteiger partial charge >= 0.3 is 0 Å². The summed E-state index contributed by atoms with van der Waals surface area (Å²) in [7, 11) is 0. The molecule has 0 aliphatic heterocycles. The largest absolute Gasteiger partial charge is 0.343 e. The molecule has 3 rings (SSSR count). The first kappa shape index (κ1) is 18.1. The molecule has 26 heavy (non-hydrogen) atoms. The summed E-state index contributed by atoms with van der Waals surface area (Å²) in [5, 5.41) is 7.39. The quantitative estimate of drug-likeness (QED) is 0.740. The normalized spacial score (nSPS) is 13.8. The van der Waals surface area contributed by atoms with E-state index in [-0.39, 0.29) is 23.9 Å². The van der Waals surface area contributed by atoms with Crippen molar-refractivity contribution in [1.29, 1.82) is 0 Å². The highest BCUT2D eigenvalue weighted by Crippen LogP contribution is 2.22. The van der Waals surface area contributed by atoms with E-state index < -0.39 is 0 Å². The van der Waals surface area contributed by atoms with Gasteiger partial charge in [-0.1, -0.05) is 44.2 Å². The van der Waals surface area contributed by atoms with Crippen molar-refractivity contribution in [2.24, 2.45) is 11.7 Å². The Hall–Kier alpha value is -2.73. The molecule has 2 unspecified atom stereocenters. The Kier molecular flexibility index (Phi) is 5.04. The van der Waals surface area contributed by atoms with Gasteiger partial charge in [0, 0.05) is 17.4 Å². The number of aromatic nitrogens is 3. The first-order valence-electron chi connectivity index (χ1n) is 8.82. The summed E-state index contributed by atoms with van der Waals surface area (Å²) in [5.41, 5.74) is 10.2. The van der Waals surface area contributed by atoms with Gasteiger partial charge in [-0.05, 0) is 31.4 Å². The molecule has 0 spiro atoms. The first-order valence-corrected chi connectivity index (χ1v) is 8.82. The zero-order chi connectivity index (χ0) is 18.8. The van der Waals surface area contributed by atoms with Crippen LogP contribution in [-0.4, -0.2) is 26.5 Å². The minimum atomic E-state index is -0.287. The van der Waals surface area contributed by atoms with Gasteiger partial charge in [-0.25, -0.2) is 9.50 Å². The van der Waals surface area contributed by atoms with Crippen molar-refractivity contribution in [3.8, 4) is 0 Å². The molecule has 0 saturated heterocycles. The molecule has 0 aliphatic rings. The average molecular weight is 351 g/mol. The second-order valence-electron chi connectivity index (χ2n) is 7.02. The van der Waals surface area contributed by atoms with Gasteiger partial charge in [-0.2, -0.15) is 5.10 Å². The van der Waals surface area contributed by atoms with Crippen LogP contribution in [0.1, 0.15) is 47.2 Å². The number of hydrogen-bond acceptors (Lipinski definition) is 4. The molecule has 3 aromatic rings. The number of rotatable bonds is 5. The molecule has 0 aliphatic carbocycles. The van der Waals surface area contributed by atoms with Gasteiger partial charge in [0.2, 0.25) is 0 Å². The van der Waals surface area contributed by atoms with E-state index in [0.29, 0.717) is 11.2 Å². The van der Waals surface area contributed by atoms with Crippen molar-refractivity contribution in [1.82, 2.24) is 19.9 Å². The number of hydrogen-bond donors (Lipinski definition) is 2. The van der Waals surface area contributed by atoms with E-state index in [1.807, 2.05) is 50.2 Å². The van der Waals surface area contributed by atoms with Crippen LogP contribution < -0.4 is 11.1 Å². The summed E-state index contributed by atoms with van der Waals surface area (Å²) in [6.45, 7) is 7.95. The Labute approximate surface area is 153 Å². The smallest absolute Gasteiger partial charge is 0.257 e. The van der Waals surface area contributed by atoms with Gasteiger partial charge in [0.05, 0.1) is 12.2 Å². The monoisotopic (exact) mass is 351 g/mol. The molecule has 2 atom stereocenters. The molecule has 136 valence electrons. The molecule has 1 aromatic carbocycles. The van der Waals surface area contributed by atoms with Gasteiger partial charge in [-0.15, -0.1) is 0 Å². The number of carbonyl (C=O) groups is 1. The minimum absolute atomic E-state index is 0.209. The molecular weight excluding hydrogens is 326 g/mol. The minimum Gasteiger partial charge on any atom is -0.343 e. The van der Waals surface area contributed by atoms with Crippen LogP contribution in [-0.2, 0) is 0 Å². The number of nitrogens with two attached hydrogens (primary N) is 1. The van der Waals surface area contributed by atoms with Crippen LogP contribution in [0.5, 0.6) is 0 Å². The van der Waals surface area contributed by atoms with E-state index in [1.54, 1.807) is 10.7 Å². The summed E-state index contributed by atoms with van der Waals surface area (Å²) < 4.78 is 1.68. The predicted molar refractivity (Wildman–Crippen MR) is 102 cm³/mol. The van der Waals surface area contributed by atoms with E-state index in [1.165, 1.54) is 0 Å². The number of aryl methyl sites for hydroxylation is 2. The van der Waals surface area contributed by atoms with Crippen LogP contribution in [0.2, 0.25) is 0 Å². The topological polar surface area (TPSA) is 85.3 Å². The summed E-state index contributed by atoms with van der Waals surface area (Å²) in [6.07, 6.45) is 1.56. The Bertz CT molecular complexity index is 917. The molecule has 0 bridgehead atoms. The summed E-state index contributed by atoms with van der Waals surface area (Å²) in [4.78, 5) is 17.5. The highest BCUT2D eigenvalue weighted by atomic mass is 16.1. The number of nitrogens with zero attached hydrogens (tertiary/aromatic N) is 3. The lowest BCUT2D eigenvalue weighted by Crippen LogP contribution is -2.43. The van der Waals surface area contributed by atoms with Crippen molar-refractivity contribution in [2.75, 3.05) is 0 Å². The maximum Gasteiger partial charge on any atom is 0.257 e. The van der Waals surface area contributed by atoms with Gasteiger partial charge in [0.15, 0.2) is 5.65 Å². The second kappa shape index (κ2) is 7.25. The number of benzene rings is 1. The third-order valence-corrected chi connectivity index (χ3v) is 4.62. The molecule has 3 N–H and O–H groups in total. The van der Waals surface area contributed by atoms with Crippen LogP contribution in [0.15, 0.2) is 42.6 Å². The molecule has 0 fully saturated rings. The number of nitrogens with one attached hydrogen (secondary N) is 1. The average Bonchev–Trinajstić information content (AvgIpc) is 3.03. The Morgan fingerprint density at radius 3 is 2.54 bits per heavy atom. The lowest BCUT2D eigenvalue weighted by molar-refractivity contribution is 0.0927. The lowest BCUT2D eigenvalue weighted by atomic mass is 9.91. The van der Waals surface area contributed by atoms with E-state index in [0.717, 1.165) is 17.0 Å². The van der Waals surface area contributed by atoms with Crippen molar-refractivity contribution >= 4 is 11.6 Å². The number of amides is 1. The molecule has 2 aromatic heterocycles. The van der Waals surface area contributed by atoms with E-state index >= 15 is 0 Å². The van der Waals surface area contributed by atoms with Crippen LogP contribution >= 0.6 is 0 Å². The maximum absolute atomic E-state index is 13.0. The molecular formula is C20H25N5O. The summed E-state index contributed by atoms with van der Waals surface area (Å²) >= 11 is 0. The van der Waals surface area contributed by atoms with E-state index in [4.69, 9.17) is 5.73 Å². The third kappa shape index (κ3) is 3.46. The number of fused-ring (bicyclic) bond motifs is 1. The lowest BCUT2D eigenvalue weighted by Gasteiger charge is -2.28. The van der Waals surface area contributed by atoms with Crippen molar-refractivity contribution in [3.05, 3.63) is 65.1 Å². The number of carbonyl (C=O) groups excluding carboxylic acids is 1. The highest BCUT2D eigenvalue weighted by molar-refractivity contribution is 5.99. The van der Waals surface area contributed by atoms with Crippen molar-refractivity contribution in [2.45, 2.75) is 39.8 Å². The zero-order valence-corrected chi connectivity index (χ0v) is 15.6. The predicted octanol–water partition coefficient (Wildman–Crippen LogP) is 2.80. The highest BCUT2D eigenvalue weighted by Gasteiger charge is 2.26.